The molecule has 3 heteroatoms. The van der Waals surface area contributed by atoms with Crippen LogP contribution in [0, 0.1) is 0 Å². The first kappa shape index (κ1) is 11.4. The van der Waals surface area contributed by atoms with Crippen molar-refractivity contribution < 1.29 is 5.11 Å². The van der Waals surface area contributed by atoms with Crippen molar-refractivity contribution in [1.82, 2.24) is 9.97 Å². The molecule has 0 radical (unpaired) electrons. The van der Waals surface area contributed by atoms with E-state index in [1.165, 1.54) is 0 Å². The van der Waals surface area contributed by atoms with Crippen molar-refractivity contribution in [3.8, 4) is 28.4 Å². The molecule has 0 amide bonds. The van der Waals surface area contributed by atoms with Gasteiger partial charge in [0.1, 0.15) is 5.75 Å². The molecule has 0 spiro atoms. The van der Waals surface area contributed by atoms with Crippen molar-refractivity contribution in [2.24, 2.45) is 0 Å². The fraction of sp³-hybridized carbons (Fsp3) is 0. The van der Waals surface area contributed by atoms with E-state index < -0.39 is 0 Å². The van der Waals surface area contributed by atoms with Crippen LogP contribution < -0.4 is 0 Å². The molecule has 0 unspecified atom stereocenters. The van der Waals surface area contributed by atoms with E-state index in [1.807, 2.05) is 48.5 Å². The molecule has 3 aromatic rings. The number of aromatic hydroxyl groups is 1. The summed E-state index contributed by atoms with van der Waals surface area (Å²) in [5.41, 5.74) is 3.52. The fourth-order valence-corrected chi connectivity index (χ4v) is 1.88. The Balaban J connectivity index is 2.03. The maximum Gasteiger partial charge on any atom is 0.115 e. The van der Waals surface area contributed by atoms with Crippen LogP contribution in [0.15, 0.2) is 66.9 Å². The van der Waals surface area contributed by atoms with Gasteiger partial charge in [0.25, 0.3) is 0 Å². The molecule has 1 aromatic carbocycles. The van der Waals surface area contributed by atoms with E-state index in [2.05, 4.69) is 9.97 Å². The molecule has 0 saturated carbocycles. The minimum atomic E-state index is 0.254. The highest BCUT2D eigenvalue weighted by Gasteiger charge is 2.03. The predicted octanol–water partition coefficient (Wildman–Crippen LogP) is 3.52. The third-order valence-corrected chi connectivity index (χ3v) is 2.84. The summed E-state index contributed by atoms with van der Waals surface area (Å²) >= 11 is 0. The minimum absolute atomic E-state index is 0.254. The Morgan fingerprint density at radius 1 is 0.684 bits per heavy atom. The lowest BCUT2D eigenvalue weighted by Gasteiger charge is -2.04. The van der Waals surface area contributed by atoms with Gasteiger partial charge in [-0.25, -0.2) is 4.98 Å². The lowest BCUT2D eigenvalue weighted by molar-refractivity contribution is 0.475. The van der Waals surface area contributed by atoms with E-state index >= 15 is 0 Å². The van der Waals surface area contributed by atoms with E-state index in [9.17, 15) is 5.11 Å². The van der Waals surface area contributed by atoms with Crippen LogP contribution in [0.25, 0.3) is 22.6 Å². The molecule has 0 atom stereocenters. The van der Waals surface area contributed by atoms with Gasteiger partial charge in [0.2, 0.25) is 0 Å². The number of hydrogen-bond donors (Lipinski definition) is 1. The molecule has 0 aliphatic heterocycles. The third-order valence-electron chi connectivity index (χ3n) is 2.84. The fourth-order valence-electron chi connectivity index (χ4n) is 1.88. The molecule has 92 valence electrons. The van der Waals surface area contributed by atoms with E-state index in [0.29, 0.717) is 0 Å². The van der Waals surface area contributed by atoms with Crippen LogP contribution in [0.2, 0.25) is 0 Å². The number of benzene rings is 1. The summed E-state index contributed by atoms with van der Waals surface area (Å²) in [6.07, 6.45) is 1.75. The van der Waals surface area contributed by atoms with E-state index in [0.717, 1.165) is 22.6 Å². The summed E-state index contributed by atoms with van der Waals surface area (Å²) < 4.78 is 0. The van der Waals surface area contributed by atoms with Crippen molar-refractivity contribution in [3.05, 3.63) is 66.9 Å². The van der Waals surface area contributed by atoms with Crippen molar-refractivity contribution in [1.29, 1.82) is 0 Å². The molecule has 0 saturated heterocycles. The highest BCUT2D eigenvalue weighted by Crippen LogP contribution is 2.22. The van der Waals surface area contributed by atoms with Crippen LogP contribution in [0.5, 0.6) is 5.75 Å². The smallest absolute Gasteiger partial charge is 0.115 e. The number of rotatable bonds is 2. The zero-order valence-electron chi connectivity index (χ0n) is 10.2. The Morgan fingerprint density at radius 3 is 2.16 bits per heavy atom. The van der Waals surface area contributed by atoms with Gasteiger partial charge in [-0.15, -0.1) is 0 Å². The second-order valence-electron chi connectivity index (χ2n) is 4.17. The Morgan fingerprint density at radius 2 is 1.42 bits per heavy atom. The Bertz CT molecular complexity index is 679. The van der Waals surface area contributed by atoms with Gasteiger partial charge >= 0.3 is 0 Å². The largest absolute Gasteiger partial charge is 0.508 e. The zero-order valence-corrected chi connectivity index (χ0v) is 10.2. The molecule has 19 heavy (non-hydrogen) atoms. The van der Waals surface area contributed by atoms with Crippen molar-refractivity contribution in [2.45, 2.75) is 0 Å². The van der Waals surface area contributed by atoms with Gasteiger partial charge in [0.05, 0.1) is 17.1 Å². The van der Waals surface area contributed by atoms with Gasteiger partial charge in [-0.3, -0.25) is 4.98 Å². The summed E-state index contributed by atoms with van der Waals surface area (Å²) in [5.74, 6) is 0.254. The normalized spacial score (nSPS) is 10.3. The molecule has 2 heterocycles. The number of phenols is 1. The summed E-state index contributed by atoms with van der Waals surface area (Å²) in [6.45, 7) is 0. The number of aromatic nitrogens is 2. The molecular weight excluding hydrogens is 236 g/mol. The van der Waals surface area contributed by atoms with Crippen LogP contribution in [0.1, 0.15) is 0 Å². The van der Waals surface area contributed by atoms with E-state index in [1.54, 1.807) is 18.3 Å². The maximum absolute atomic E-state index is 9.31. The average molecular weight is 248 g/mol. The lowest BCUT2D eigenvalue weighted by Crippen LogP contribution is -1.89. The van der Waals surface area contributed by atoms with Gasteiger partial charge < -0.3 is 5.11 Å². The van der Waals surface area contributed by atoms with Gasteiger partial charge in [-0.2, -0.15) is 0 Å². The molecule has 0 fully saturated rings. The van der Waals surface area contributed by atoms with Crippen LogP contribution in [-0.2, 0) is 0 Å². The topological polar surface area (TPSA) is 46.0 Å². The van der Waals surface area contributed by atoms with Gasteiger partial charge in [0, 0.05) is 11.8 Å². The number of phenolic OH excluding ortho intramolecular Hbond substituents is 1. The van der Waals surface area contributed by atoms with Crippen LogP contribution in [0.3, 0.4) is 0 Å². The van der Waals surface area contributed by atoms with E-state index in [4.69, 9.17) is 0 Å². The molecule has 1 N–H and O–H groups in total. The molecule has 0 bridgehead atoms. The number of nitrogens with zero attached hydrogens (tertiary/aromatic N) is 2. The van der Waals surface area contributed by atoms with Gasteiger partial charge in [-0.1, -0.05) is 12.1 Å². The van der Waals surface area contributed by atoms with Gasteiger partial charge in [0.15, 0.2) is 0 Å². The molecule has 0 aliphatic carbocycles. The maximum atomic E-state index is 9.31. The molecule has 2 aromatic heterocycles. The Hall–Kier alpha value is -2.68. The number of hydrogen-bond acceptors (Lipinski definition) is 3. The minimum Gasteiger partial charge on any atom is -0.508 e. The highest BCUT2D eigenvalue weighted by atomic mass is 16.3. The summed E-state index contributed by atoms with van der Waals surface area (Å²) in [7, 11) is 0. The number of pyridine rings is 2. The quantitative estimate of drug-likeness (QED) is 0.754. The van der Waals surface area contributed by atoms with Crippen LogP contribution in [-0.4, -0.2) is 15.1 Å². The molecule has 0 aliphatic rings. The first-order chi connectivity index (χ1) is 9.33. The Labute approximate surface area is 111 Å². The standard InChI is InChI=1S/C16H12N2O/c19-13-9-7-12(8-10-13)14-5-3-6-16(18-14)15-4-1-2-11-17-15/h1-11,19H. The monoisotopic (exact) mass is 248 g/mol. The SMILES string of the molecule is Oc1ccc(-c2cccc(-c3ccccn3)n2)cc1. The first-order valence-corrected chi connectivity index (χ1v) is 6.01. The van der Waals surface area contributed by atoms with Crippen molar-refractivity contribution >= 4 is 0 Å². The highest BCUT2D eigenvalue weighted by molar-refractivity contribution is 5.64. The average Bonchev–Trinajstić information content (AvgIpc) is 2.49. The molecule has 3 nitrogen and oxygen atoms in total. The Kier molecular flexibility index (Phi) is 2.94. The van der Waals surface area contributed by atoms with E-state index in [-0.39, 0.29) is 5.75 Å². The summed E-state index contributed by atoms with van der Waals surface area (Å²) in [6, 6.07) is 18.6. The van der Waals surface area contributed by atoms with Gasteiger partial charge in [-0.05, 0) is 48.5 Å². The summed E-state index contributed by atoms with van der Waals surface area (Å²) in [5, 5.41) is 9.31. The second kappa shape index (κ2) is 4.90. The van der Waals surface area contributed by atoms with Crippen molar-refractivity contribution in [3.63, 3.8) is 0 Å². The second-order valence-corrected chi connectivity index (χ2v) is 4.17. The molecular formula is C16H12N2O. The first-order valence-electron chi connectivity index (χ1n) is 6.01. The van der Waals surface area contributed by atoms with Crippen LogP contribution in [0.4, 0.5) is 0 Å². The van der Waals surface area contributed by atoms with Crippen molar-refractivity contribution in [2.75, 3.05) is 0 Å². The molecule has 3 rings (SSSR count). The zero-order chi connectivity index (χ0) is 13.1. The summed E-state index contributed by atoms with van der Waals surface area (Å²) in [4.78, 5) is 8.89. The predicted molar refractivity (Wildman–Crippen MR) is 74.6 cm³/mol. The third kappa shape index (κ3) is 2.45. The lowest BCUT2D eigenvalue weighted by atomic mass is 10.1. The van der Waals surface area contributed by atoms with Crippen LogP contribution >= 0.6 is 0 Å².